The first-order valence-electron chi connectivity index (χ1n) is 5.68. The first-order valence-corrected chi connectivity index (χ1v) is 5.68. The molecule has 1 rings (SSSR count). The molecule has 20 heavy (non-hydrogen) atoms. The Bertz CT molecular complexity index is 417. The molecule has 1 aromatic rings. The highest BCUT2D eigenvalue weighted by atomic mass is 19.4. The summed E-state index contributed by atoms with van der Waals surface area (Å²) in [5.74, 6) is 5.36. The van der Waals surface area contributed by atoms with Gasteiger partial charge in [-0.1, -0.05) is 0 Å². The Labute approximate surface area is 112 Å². The maximum Gasteiger partial charge on any atom is 0.411 e. The van der Waals surface area contributed by atoms with Crippen molar-refractivity contribution >= 4 is 11.9 Å². The minimum Gasteiger partial charge on any atom is -0.464 e. The van der Waals surface area contributed by atoms with E-state index in [4.69, 9.17) is 10.6 Å². The van der Waals surface area contributed by atoms with Gasteiger partial charge in [-0.25, -0.2) is 5.84 Å². The zero-order valence-corrected chi connectivity index (χ0v) is 10.7. The molecule has 0 saturated carbocycles. The Kier molecular flexibility index (Phi) is 6.18. The molecule has 0 aliphatic rings. The number of nitrogen functional groups attached to an aromatic ring is 1. The predicted molar refractivity (Wildman–Crippen MR) is 64.2 cm³/mol. The Morgan fingerprint density at radius 2 is 1.90 bits per heavy atom. The number of hydrogen-bond donors (Lipinski definition) is 3. The Hall–Kier alpha value is -1.88. The van der Waals surface area contributed by atoms with E-state index < -0.39 is 12.8 Å². The number of anilines is 2. The number of ether oxygens (including phenoxy) is 2. The number of aromatic nitrogens is 3. The second-order valence-corrected chi connectivity index (χ2v) is 3.44. The molecule has 8 nitrogen and oxygen atoms in total. The normalized spacial score (nSPS) is 11.2. The lowest BCUT2D eigenvalue weighted by molar-refractivity contribution is -0.172. The highest BCUT2D eigenvalue weighted by Crippen LogP contribution is 2.14. The lowest BCUT2D eigenvalue weighted by atomic mass is 10.6. The van der Waals surface area contributed by atoms with Gasteiger partial charge in [0, 0.05) is 6.54 Å². The van der Waals surface area contributed by atoms with Gasteiger partial charge >= 0.3 is 12.2 Å². The van der Waals surface area contributed by atoms with Crippen LogP contribution in [0.2, 0.25) is 0 Å². The summed E-state index contributed by atoms with van der Waals surface area (Å²) in [5, 5.41) is 2.67. The number of hydrogen-bond acceptors (Lipinski definition) is 8. The Morgan fingerprint density at radius 1 is 1.20 bits per heavy atom. The summed E-state index contributed by atoms with van der Waals surface area (Å²) in [5.41, 5.74) is 2.23. The van der Waals surface area contributed by atoms with Crippen molar-refractivity contribution in [2.24, 2.45) is 5.84 Å². The van der Waals surface area contributed by atoms with Crippen molar-refractivity contribution in [1.29, 1.82) is 0 Å². The number of nitrogens with zero attached hydrogens (tertiary/aromatic N) is 3. The second kappa shape index (κ2) is 7.65. The average molecular weight is 296 g/mol. The fraction of sp³-hybridized carbons (Fsp3) is 0.667. The van der Waals surface area contributed by atoms with Crippen LogP contribution in [-0.4, -0.2) is 47.5 Å². The standard InChI is InChI=1S/C9H15F3N6O2/c1-2-20-8-16-6(15-7(17-8)18-13)14-3-4-19-5-9(10,11)12/h2-5,13H2,1H3,(H2,14,15,16,17,18). The van der Waals surface area contributed by atoms with E-state index in [1.807, 2.05) is 0 Å². The van der Waals surface area contributed by atoms with Gasteiger partial charge in [-0.05, 0) is 6.92 Å². The second-order valence-electron chi connectivity index (χ2n) is 3.44. The van der Waals surface area contributed by atoms with Crippen molar-refractivity contribution < 1.29 is 22.6 Å². The summed E-state index contributed by atoms with van der Waals surface area (Å²) in [7, 11) is 0. The largest absolute Gasteiger partial charge is 0.464 e. The van der Waals surface area contributed by atoms with Gasteiger partial charge in [0.15, 0.2) is 0 Å². The van der Waals surface area contributed by atoms with Gasteiger partial charge in [-0.3, -0.25) is 5.43 Å². The lowest BCUT2D eigenvalue weighted by Gasteiger charge is -2.09. The summed E-state index contributed by atoms with van der Waals surface area (Å²) in [6, 6.07) is 0.0501. The minimum absolute atomic E-state index is 0.0501. The molecule has 0 unspecified atom stereocenters. The number of nitrogens with two attached hydrogens (primary N) is 1. The van der Waals surface area contributed by atoms with Crippen molar-refractivity contribution in [3.8, 4) is 6.01 Å². The van der Waals surface area contributed by atoms with Crippen LogP contribution in [0.15, 0.2) is 0 Å². The zero-order valence-electron chi connectivity index (χ0n) is 10.7. The van der Waals surface area contributed by atoms with E-state index in [1.54, 1.807) is 6.92 Å². The van der Waals surface area contributed by atoms with E-state index in [0.717, 1.165) is 0 Å². The van der Waals surface area contributed by atoms with E-state index in [2.05, 4.69) is 30.4 Å². The summed E-state index contributed by atoms with van der Waals surface area (Å²) in [6.07, 6.45) is -4.34. The number of alkyl halides is 3. The fourth-order valence-corrected chi connectivity index (χ4v) is 1.12. The fourth-order valence-electron chi connectivity index (χ4n) is 1.12. The third-order valence-electron chi connectivity index (χ3n) is 1.81. The van der Waals surface area contributed by atoms with Gasteiger partial charge in [0.1, 0.15) is 6.61 Å². The van der Waals surface area contributed by atoms with E-state index in [9.17, 15) is 13.2 Å². The molecule has 0 bridgehead atoms. The third kappa shape index (κ3) is 6.33. The van der Waals surface area contributed by atoms with Crippen LogP contribution in [-0.2, 0) is 4.74 Å². The predicted octanol–water partition coefficient (Wildman–Crippen LogP) is 0.547. The number of rotatable bonds is 8. The quantitative estimate of drug-likeness (QED) is 0.362. The molecule has 114 valence electrons. The van der Waals surface area contributed by atoms with Crippen LogP contribution < -0.4 is 21.3 Å². The Morgan fingerprint density at radius 3 is 2.50 bits per heavy atom. The van der Waals surface area contributed by atoms with Crippen LogP contribution in [0.25, 0.3) is 0 Å². The Balaban J connectivity index is 2.44. The molecule has 4 N–H and O–H groups in total. The first kappa shape index (κ1) is 16.2. The monoisotopic (exact) mass is 296 g/mol. The van der Waals surface area contributed by atoms with Gasteiger partial charge < -0.3 is 14.8 Å². The average Bonchev–Trinajstić information content (AvgIpc) is 2.37. The van der Waals surface area contributed by atoms with Crippen LogP contribution in [0.5, 0.6) is 6.01 Å². The van der Waals surface area contributed by atoms with Crippen LogP contribution >= 0.6 is 0 Å². The van der Waals surface area contributed by atoms with Crippen LogP contribution in [0.3, 0.4) is 0 Å². The molecular formula is C9H15F3N6O2. The minimum atomic E-state index is -4.34. The topological polar surface area (TPSA) is 107 Å². The molecule has 0 radical (unpaired) electrons. The number of hydrazine groups is 1. The van der Waals surface area contributed by atoms with Crippen molar-refractivity contribution in [2.45, 2.75) is 13.1 Å². The van der Waals surface area contributed by atoms with Crippen LogP contribution in [0.4, 0.5) is 25.1 Å². The van der Waals surface area contributed by atoms with Gasteiger partial charge in [0.25, 0.3) is 0 Å². The highest BCUT2D eigenvalue weighted by molar-refractivity contribution is 5.34. The van der Waals surface area contributed by atoms with Gasteiger partial charge in [-0.15, -0.1) is 0 Å². The number of nitrogens with one attached hydrogen (secondary N) is 2. The van der Waals surface area contributed by atoms with Crippen LogP contribution in [0, 0.1) is 0 Å². The molecule has 0 amide bonds. The third-order valence-corrected chi connectivity index (χ3v) is 1.81. The SMILES string of the molecule is CCOc1nc(NN)nc(NCCOCC(F)(F)F)n1. The summed E-state index contributed by atoms with van der Waals surface area (Å²) in [6.45, 7) is 0.738. The molecule has 0 atom stereocenters. The van der Waals surface area contributed by atoms with Crippen LogP contribution in [0.1, 0.15) is 6.92 Å². The molecule has 0 aromatic carbocycles. The summed E-state index contributed by atoms with van der Waals surface area (Å²) in [4.78, 5) is 11.6. The summed E-state index contributed by atoms with van der Waals surface area (Å²) >= 11 is 0. The zero-order chi connectivity index (χ0) is 15.0. The van der Waals surface area contributed by atoms with Crippen molar-refractivity contribution in [2.75, 3.05) is 37.1 Å². The molecule has 0 saturated heterocycles. The molecule has 1 aromatic heterocycles. The molecule has 11 heteroatoms. The molecule has 1 heterocycles. The maximum absolute atomic E-state index is 11.8. The van der Waals surface area contributed by atoms with Crippen molar-refractivity contribution in [3.63, 3.8) is 0 Å². The van der Waals surface area contributed by atoms with Gasteiger partial charge in [-0.2, -0.15) is 28.1 Å². The summed E-state index contributed by atoms with van der Waals surface area (Å²) < 4.78 is 45.0. The first-order chi connectivity index (χ1) is 9.44. The smallest absolute Gasteiger partial charge is 0.411 e. The molecule has 0 fully saturated rings. The molecular weight excluding hydrogens is 281 g/mol. The molecule has 0 aliphatic carbocycles. The van der Waals surface area contributed by atoms with E-state index >= 15 is 0 Å². The van der Waals surface area contributed by atoms with E-state index in [1.165, 1.54) is 0 Å². The van der Waals surface area contributed by atoms with Gasteiger partial charge in [0.2, 0.25) is 11.9 Å². The van der Waals surface area contributed by atoms with Crippen molar-refractivity contribution in [3.05, 3.63) is 0 Å². The van der Waals surface area contributed by atoms with E-state index in [0.29, 0.717) is 6.61 Å². The molecule has 0 aliphatic heterocycles. The van der Waals surface area contributed by atoms with Crippen molar-refractivity contribution in [1.82, 2.24) is 15.0 Å². The maximum atomic E-state index is 11.8. The highest BCUT2D eigenvalue weighted by Gasteiger charge is 2.27. The van der Waals surface area contributed by atoms with Gasteiger partial charge in [0.05, 0.1) is 13.2 Å². The number of halogens is 3. The molecule has 0 spiro atoms. The lowest BCUT2D eigenvalue weighted by Crippen LogP contribution is -2.21. The van der Waals surface area contributed by atoms with E-state index in [-0.39, 0.29) is 31.1 Å².